The number of anilines is 1. The van der Waals surface area contributed by atoms with Crippen molar-refractivity contribution in [3.63, 3.8) is 0 Å². The van der Waals surface area contributed by atoms with E-state index in [-0.39, 0.29) is 16.7 Å². The van der Waals surface area contributed by atoms with Gasteiger partial charge in [0.1, 0.15) is 12.1 Å². The van der Waals surface area contributed by atoms with Crippen LogP contribution in [0.15, 0.2) is 41.8 Å². The summed E-state index contributed by atoms with van der Waals surface area (Å²) in [6.07, 6.45) is 4.34. The molecule has 0 amide bonds. The van der Waals surface area contributed by atoms with E-state index in [2.05, 4.69) is 26.8 Å². The first-order valence-electron chi connectivity index (χ1n) is 7.34. The van der Waals surface area contributed by atoms with E-state index >= 15 is 0 Å². The maximum atomic E-state index is 12.4. The number of aromatic nitrogens is 3. The van der Waals surface area contributed by atoms with Crippen molar-refractivity contribution >= 4 is 15.7 Å². The van der Waals surface area contributed by atoms with Crippen molar-refractivity contribution in [2.75, 3.05) is 24.7 Å². The summed E-state index contributed by atoms with van der Waals surface area (Å²) in [5.74, 6) is 0.571. The summed E-state index contributed by atoms with van der Waals surface area (Å²) >= 11 is 0. The number of ether oxygens (including phenoxy) is 1. The first-order chi connectivity index (χ1) is 11.1. The predicted molar refractivity (Wildman–Crippen MR) is 84.8 cm³/mol. The second-order valence-electron chi connectivity index (χ2n) is 5.43. The summed E-state index contributed by atoms with van der Waals surface area (Å²) < 4.78 is 30.3. The van der Waals surface area contributed by atoms with Gasteiger partial charge in [-0.25, -0.2) is 18.4 Å². The number of nitrogens with zero attached hydrogens (tertiary/aromatic N) is 4. The minimum atomic E-state index is -3.45. The third kappa shape index (κ3) is 3.65. The maximum absolute atomic E-state index is 12.4. The molecule has 2 aromatic rings. The zero-order valence-corrected chi connectivity index (χ0v) is 13.6. The summed E-state index contributed by atoms with van der Waals surface area (Å²) in [5, 5.41) is 0. The number of rotatable bonds is 4. The van der Waals surface area contributed by atoms with Crippen LogP contribution < -0.4 is 4.90 Å². The molecular weight excluding hydrogens is 316 g/mol. The molecule has 0 bridgehead atoms. The molecule has 3 heterocycles. The maximum Gasteiger partial charge on any atom is 0.184 e. The lowest BCUT2D eigenvalue weighted by Crippen LogP contribution is -2.44. The van der Waals surface area contributed by atoms with Crippen molar-refractivity contribution < 1.29 is 13.2 Å². The minimum Gasteiger partial charge on any atom is -0.377 e. The third-order valence-corrected chi connectivity index (χ3v) is 5.38. The normalized spacial score (nSPS) is 18.8. The molecule has 122 valence electrons. The van der Waals surface area contributed by atoms with Gasteiger partial charge in [-0.3, -0.25) is 4.98 Å². The lowest BCUT2D eigenvalue weighted by molar-refractivity contribution is 0.0985. The molecule has 1 aliphatic rings. The van der Waals surface area contributed by atoms with E-state index in [1.807, 2.05) is 0 Å². The SMILES string of the molecule is C[C@H]1COCCN1c1cc(CS(=O)(=O)c2ccncc2)ncn1. The molecule has 0 aromatic carbocycles. The molecule has 8 heteroatoms. The van der Waals surface area contributed by atoms with Crippen molar-refractivity contribution in [2.45, 2.75) is 23.6 Å². The molecular formula is C15H18N4O3S. The molecule has 0 unspecified atom stereocenters. The molecule has 1 aliphatic heterocycles. The predicted octanol–water partition coefficient (Wildman–Crippen LogP) is 1.07. The molecule has 1 fully saturated rings. The van der Waals surface area contributed by atoms with E-state index < -0.39 is 9.84 Å². The average molecular weight is 334 g/mol. The molecule has 7 nitrogen and oxygen atoms in total. The number of hydrogen-bond acceptors (Lipinski definition) is 7. The van der Waals surface area contributed by atoms with Crippen LogP contribution in [0.5, 0.6) is 0 Å². The van der Waals surface area contributed by atoms with Crippen molar-refractivity contribution in [2.24, 2.45) is 0 Å². The Bertz CT molecular complexity index is 767. The van der Waals surface area contributed by atoms with Gasteiger partial charge in [-0.2, -0.15) is 0 Å². The van der Waals surface area contributed by atoms with Gasteiger partial charge in [0.2, 0.25) is 0 Å². The zero-order valence-electron chi connectivity index (χ0n) is 12.8. The van der Waals surface area contributed by atoms with Gasteiger partial charge in [0, 0.05) is 25.0 Å². The van der Waals surface area contributed by atoms with Crippen LogP contribution in [0.25, 0.3) is 0 Å². The lowest BCUT2D eigenvalue weighted by atomic mass is 10.2. The Balaban J connectivity index is 1.83. The van der Waals surface area contributed by atoms with E-state index in [0.717, 1.165) is 12.4 Å². The smallest absolute Gasteiger partial charge is 0.184 e. The Hall–Kier alpha value is -2.06. The summed E-state index contributed by atoms with van der Waals surface area (Å²) in [6, 6.07) is 4.91. The van der Waals surface area contributed by atoms with Crippen molar-refractivity contribution in [3.8, 4) is 0 Å². The molecule has 1 atom stereocenters. The van der Waals surface area contributed by atoms with Crippen LogP contribution >= 0.6 is 0 Å². The van der Waals surface area contributed by atoms with Gasteiger partial charge in [-0.1, -0.05) is 0 Å². The van der Waals surface area contributed by atoms with Crippen LogP contribution in [0, 0.1) is 0 Å². The summed E-state index contributed by atoms with van der Waals surface area (Å²) in [7, 11) is -3.45. The monoisotopic (exact) mass is 334 g/mol. The zero-order chi connectivity index (χ0) is 16.3. The van der Waals surface area contributed by atoms with Crippen LogP contribution in [-0.2, 0) is 20.3 Å². The Morgan fingerprint density at radius 3 is 2.83 bits per heavy atom. The van der Waals surface area contributed by atoms with E-state index in [0.29, 0.717) is 18.9 Å². The van der Waals surface area contributed by atoms with Crippen LogP contribution in [0.3, 0.4) is 0 Å². The number of hydrogen-bond donors (Lipinski definition) is 0. The fraction of sp³-hybridized carbons (Fsp3) is 0.400. The van der Waals surface area contributed by atoms with Crippen LogP contribution in [0.2, 0.25) is 0 Å². The average Bonchev–Trinajstić information content (AvgIpc) is 2.56. The molecule has 0 radical (unpaired) electrons. The van der Waals surface area contributed by atoms with Crippen LogP contribution in [0.1, 0.15) is 12.6 Å². The van der Waals surface area contributed by atoms with Crippen molar-refractivity contribution in [1.29, 1.82) is 0 Å². The first kappa shape index (κ1) is 15.8. The number of pyridine rings is 1. The fourth-order valence-electron chi connectivity index (χ4n) is 2.51. The molecule has 1 saturated heterocycles. The van der Waals surface area contributed by atoms with Gasteiger partial charge in [-0.15, -0.1) is 0 Å². The molecule has 0 saturated carbocycles. The fourth-order valence-corrected chi connectivity index (χ4v) is 3.76. The summed E-state index contributed by atoms with van der Waals surface area (Å²) in [6.45, 7) is 4.05. The van der Waals surface area contributed by atoms with Gasteiger partial charge < -0.3 is 9.64 Å². The highest BCUT2D eigenvalue weighted by molar-refractivity contribution is 7.90. The molecule has 0 aliphatic carbocycles. The molecule has 0 spiro atoms. The minimum absolute atomic E-state index is 0.161. The van der Waals surface area contributed by atoms with E-state index in [1.165, 1.54) is 30.9 Å². The van der Waals surface area contributed by atoms with Gasteiger partial charge in [-0.05, 0) is 19.1 Å². The largest absolute Gasteiger partial charge is 0.377 e. The van der Waals surface area contributed by atoms with Crippen LogP contribution in [0.4, 0.5) is 5.82 Å². The standard InChI is InChI=1S/C15H18N4O3S/c1-12-9-22-7-6-19(12)15-8-13(17-11-18-15)10-23(20,21)14-2-4-16-5-3-14/h2-5,8,11-12H,6-7,9-10H2,1H3/t12-/m0/s1. The van der Waals surface area contributed by atoms with Gasteiger partial charge in [0.05, 0.1) is 35.6 Å². The van der Waals surface area contributed by atoms with Crippen LogP contribution in [-0.4, -0.2) is 49.2 Å². The van der Waals surface area contributed by atoms with E-state index in [1.54, 1.807) is 6.07 Å². The Morgan fingerprint density at radius 1 is 1.30 bits per heavy atom. The number of sulfone groups is 1. The summed E-state index contributed by atoms with van der Waals surface area (Å²) in [4.78, 5) is 14.6. The third-order valence-electron chi connectivity index (χ3n) is 3.72. The van der Waals surface area contributed by atoms with Crippen molar-refractivity contribution in [3.05, 3.63) is 42.6 Å². The topological polar surface area (TPSA) is 85.3 Å². The highest BCUT2D eigenvalue weighted by Crippen LogP contribution is 2.20. The molecule has 23 heavy (non-hydrogen) atoms. The Morgan fingerprint density at radius 2 is 2.09 bits per heavy atom. The Labute approximate surface area is 135 Å². The van der Waals surface area contributed by atoms with E-state index in [9.17, 15) is 8.42 Å². The van der Waals surface area contributed by atoms with Gasteiger partial charge in [0.25, 0.3) is 0 Å². The first-order valence-corrected chi connectivity index (χ1v) is 8.99. The molecule has 3 rings (SSSR count). The second kappa shape index (κ2) is 6.59. The van der Waals surface area contributed by atoms with Crippen molar-refractivity contribution in [1.82, 2.24) is 15.0 Å². The second-order valence-corrected chi connectivity index (χ2v) is 7.42. The Kier molecular flexibility index (Phi) is 4.53. The highest BCUT2D eigenvalue weighted by atomic mass is 32.2. The lowest BCUT2D eigenvalue weighted by Gasteiger charge is -2.34. The number of morpholine rings is 1. The van der Waals surface area contributed by atoms with Gasteiger partial charge in [0.15, 0.2) is 9.84 Å². The summed E-state index contributed by atoms with van der Waals surface area (Å²) in [5.41, 5.74) is 0.477. The molecule has 0 N–H and O–H groups in total. The molecule has 2 aromatic heterocycles. The highest BCUT2D eigenvalue weighted by Gasteiger charge is 2.22. The quantitative estimate of drug-likeness (QED) is 0.827. The van der Waals surface area contributed by atoms with Gasteiger partial charge >= 0.3 is 0 Å². The van der Waals surface area contributed by atoms with E-state index in [4.69, 9.17) is 4.74 Å².